The van der Waals surface area contributed by atoms with Crippen LogP contribution < -0.4 is 5.73 Å². The lowest BCUT2D eigenvalue weighted by Crippen LogP contribution is -2.48. The Kier molecular flexibility index (Phi) is 7.36. The minimum Gasteiger partial charge on any atom is -0.441 e. The number of carbonyl (C=O) groups is 2. The third kappa shape index (κ3) is 6.10. The standard InChI is InChI=1S/C21H23Cl2N3O3/c22-17-7-6-15(12-18(17)23)14-25-8-10-26(11-9-25)20(27)13-19(29-21(24)28)16-4-2-1-3-5-16/h1-7,12,19H,8-11,13-14H2,(H2,24,28). The SMILES string of the molecule is NC(=O)OC(CC(=O)N1CCN(Cc2ccc(Cl)c(Cl)c2)CC1)c1ccccc1. The molecule has 0 spiro atoms. The fraction of sp³-hybridized carbons (Fsp3) is 0.333. The Morgan fingerprint density at radius 1 is 1.00 bits per heavy atom. The molecule has 8 heteroatoms. The molecule has 154 valence electrons. The highest BCUT2D eigenvalue weighted by Gasteiger charge is 2.26. The van der Waals surface area contributed by atoms with Crippen LogP contribution in [0.3, 0.4) is 0 Å². The molecule has 2 amide bonds. The zero-order valence-corrected chi connectivity index (χ0v) is 17.4. The third-order valence-electron chi connectivity index (χ3n) is 4.90. The van der Waals surface area contributed by atoms with Crippen molar-refractivity contribution < 1.29 is 14.3 Å². The van der Waals surface area contributed by atoms with Gasteiger partial charge in [0.15, 0.2) is 0 Å². The largest absolute Gasteiger partial charge is 0.441 e. The molecule has 0 radical (unpaired) electrons. The van der Waals surface area contributed by atoms with Gasteiger partial charge in [-0.15, -0.1) is 0 Å². The quantitative estimate of drug-likeness (QED) is 0.746. The minimum atomic E-state index is -0.891. The predicted octanol–water partition coefficient (Wildman–Crippen LogP) is 3.86. The molecule has 1 heterocycles. The number of amides is 2. The Morgan fingerprint density at radius 2 is 1.69 bits per heavy atom. The number of nitrogens with two attached hydrogens (primary N) is 1. The smallest absolute Gasteiger partial charge is 0.405 e. The lowest BCUT2D eigenvalue weighted by Gasteiger charge is -2.35. The number of ether oxygens (including phenoxy) is 1. The van der Waals surface area contributed by atoms with Gasteiger partial charge in [0.25, 0.3) is 0 Å². The van der Waals surface area contributed by atoms with Gasteiger partial charge in [-0.3, -0.25) is 9.69 Å². The maximum atomic E-state index is 12.8. The third-order valence-corrected chi connectivity index (χ3v) is 5.64. The number of carbonyl (C=O) groups excluding carboxylic acids is 2. The van der Waals surface area contributed by atoms with Crippen LogP contribution in [-0.2, 0) is 16.1 Å². The van der Waals surface area contributed by atoms with E-state index in [4.69, 9.17) is 33.7 Å². The first kappa shape index (κ1) is 21.4. The second kappa shape index (κ2) is 9.96. The zero-order valence-electron chi connectivity index (χ0n) is 15.9. The number of halogens is 2. The molecule has 1 unspecified atom stereocenters. The molecule has 6 nitrogen and oxygen atoms in total. The lowest BCUT2D eigenvalue weighted by molar-refractivity contribution is -0.135. The molecule has 0 aliphatic carbocycles. The van der Waals surface area contributed by atoms with Crippen LogP contribution in [-0.4, -0.2) is 48.0 Å². The molecule has 1 aliphatic rings. The summed E-state index contributed by atoms with van der Waals surface area (Å²) in [5.41, 5.74) is 7.02. The summed E-state index contributed by atoms with van der Waals surface area (Å²) in [6, 6.07) is 14.8. The number of nitrogens with zero attached hydrogens (tertiary/aromatic N) is 2. The zero-order chi connectivity index (χ0) is 20.8. The molecular formula is C21H23Cl2N3O3. The van der Waals surface area contributed by atoms with Crippen LogP contribution in [0.15, 0.2) is 48.5 Å². The fourth-order valence-electron chi connectivity index (χ4n) is 3.37. The highest BCUT2D eigenvalue weighted by Crippen LogP contribution is 2.24. The van der Waals surface area contributed by atoms with Crippen LogP contribution in [0.2, 0.25) is 10.0 Å². The molecule has 2 N–H and O–H groups in total. The van der Waals surface area contributed by atoms with Gasteiger partial charge in [-0.2, -0.15) is 0 Å². The summed E-state index contributed by atoms with van der Waals surface area (Å²) in [7, 11) is 0. The van der Waals surface area contributed by atoms with E-state index in [9.17, 15) is 9.59 Å². The van der Waals surface area contributed by atoms with Crippen LogP contribution in [0.1, 0.15) is 23.7 Å². The maximum absolute atomic E-state index is 12.8. The van der Waals surface area contributed by atoms with Gasteiger partial charge in [-0.1, -0.05) is 59.6 Å². The number of piperazine rings is 1. The van der Waals surface area contributed by atoms with E-state index in [1.54, 1.807) is 11.0 Å². The van der Waals surface area contributed by atoms with Gasteiger partial charge < -0.3 is 15.4 Å². The summed E-state index contributed by atoms with van der Waals surface area (Å²) in [6.07, 6.45) is -1.51. The Morgan fingerprint density at radius 3 is 2.31 bits per heavy atom. The second-order valence-corrected chi connectivity index (χ2v) is 7.76. The Balaban J connectivity index is 1.54. The first-order valence-corrected chi connectivity index (χ1v) is 10.1. The van der Waals surface area contributed by atoms with Crippen LogP contribution in [0, 0.1) is 0 Å². The number of benzene rings is 2. The van der Waals surface area contributed by atoms with Gasteiger partial charge in [0.1, 0.15) is 6.10 Å². The highest BCUT2D eigenvalue weighted by atomic mass is 35.5. The first-order valence-electron chi connectivity index (χ1n) is 9.37. The molecule has 1 saturated heterocycles. The maximum Gasteiger partial charge on any atom is 0.405 e. The van der Waals surface area contributed by atoms with E-state index < -0.39 is 12.2 Å². The van der Waals surface area contributed by atoms with E-state index in [2.05, 4.69) is 4.90 Å². The summed E-state index contributed by atoms with van der Waals surface area (Å²) in [5, 5.41) is 1.08. The molecule has 1 atom stereocenters. The summed E-state index contributed by atoms with van der Waals surface area (Å²) in [5.74, 6) is -0.0608. The molecule has 0 bridgehead atoms. The lowest BCUT2D eigenvalue weighted by atomic mass is 10.1. The van der Waals surface area contributed by atoms with Crippen molar-refractivity contribution in [2.45, 2.75) is 19.1 Å². The Labute approximate surface area is 180 Å². The Hall–Kier alpha value is -2.28. The van der Waals surface area contributed by atoms with E-state index in [-0.39, 0.29) is 12.3 Å². The van der Waals surface area contributed by atoms with E-state index >= 15 is 0 Å². The molecule has 0 aromatic heterocycles. The topological polar surface area (TPSA) is 75.9 Å². The summed E-state index contributed by atoms with van der Waals surface area (Å²) >= 11 is 12.0. The average Bonchev–Trinajstić information content (AvgIpc) is 2.71. The molecule has 1 fully saturated rings. The molecule has 29 heavy (non-hydrogen) atoms. The van der Waals surface area contributed by atoms with E-state index in [0.717, 1.165) is 30.8 Å². The van der Waals surface area contributed by atoms with Crippen molar-refractivity contribution in [1.29, 1.82) is 0 Å². The molecular weight excluding hydrogens is 413 g/mol. The van der Waals surface area contributed by atoms with Crippen molar-refractivity contribution in [2.75, 3.05) is 26.2 Å². The normalized spacial score (nSPS) is 15.7. The number of primary amides is 1. The second-order valence-electron chi connectivity index (χ2n) is 6.95. The number of rotatable bonds is 6. The van der Waals surface area contributed by atoms with Gasteiger partial charge in [-0.05, 0) is 23.3 Å². The average molecular weight is 436 g/mol. The van der Waals surface area contributed by atoms with E-state index in [1.807, 2.05) is 42.5 Å². The van der Waals surface area contributed by atoms with Crippen molar-refractivity contribution in [3.05, 3.63) is 69.7 Å². The summed E-state index contributed by atoms with van der Waals surface area (Å²) in [6.45, 7) is 3.46. The molecule has 3 rings (SSSR count). The van der Waals surface area contributed by atoms with Gasteiger partial charge in [0.2, 0.25) is 5.91 Å². The van der Waals surface area contributed by atoms with Gasteiger partial charge in [0.05, 0.1) is 16.5 Å². The van der Waals surface area contributed by atoms with Crippen LogP contribution >= 0.6 is 23.2 Å². The van der Waals surface area contributed by atoms with Gasteiger partial charge in [-0.25, -0.2) is 4.79 Å². The van der Waals surface area contributed by atoms with Crippen LogP contribution in [0.5, 0.6) is 0 Å². The summed E-state index contributed by atoms with van der Waals surface area (Å²) in [4.78, 5) is 28.1. The minimum absolute atomic E-state index is 0.0608. The van der Waals surface area contributed by atoms with E-state index in [1.165, 1.54) is 0 Å². The monoisotopic (exact) mass is 435 g/mol. The van der Waals surface area contributed by atoms with Crippen molar-refractivity contribution in [2.24, 2.45) is 5.73 Å². The Bertz CT molecular complexity index is 856. The number of hydrogen-bond donors (Lipinski definition) is 1. The first-order chi connectivity index (χ1) is 13.9. The van der Waals surface area contributed by atoms with Gasteiger partial charge >= 0.3 is 6.09 Å². The van der Waals surface area contributed by atoms with Crippen molar-refractivity contribution >= 4 is 35.2 Å². The predicted molar refractivity (Wildman–Crippen MR) is 113 cm³/mol. The van der Waals surface area contributed by atoms with Crippen LogP contribution in [0.4, 0.5) is 4.79 Å². The molecule has 2 aromatic carbocycles. The molecule has 1 aliphatic heterocycles. The van der Waals surface area contributed by atoms with Crippen molar-refractivity contribution in [3.8, 4) is 0 Å². The molecule has 0 saturated carbocycles. The number of hydrogen-bond acceptors (Lipinski definition) is 4. The highest BCUT2D eigenvalue weighted by molar-refractivity contribution is 6.42. The fourth-order valence-corrected chi connectivity index (χ4v) is 3.70. The van der Waals surface area contributed by atoms with E-state index in [0.29, 0.717) is 23.1 Å². The van der Waals surface area contributed by atoms with Crippen LogP contribution in [0.25, 0.3) is 0 Å². The van der Waals surface area contributed by atoms with Crippen molar-refractivity contribution in [1.82, 2.24) is 9.80 Å². The summed E-state index contributed by atoms with van der Waals surface area (Å²) < 4.78 is 5.18. The molecule has 2 aromatic rings. The van der Waals surface area contributed by atoms with Gasteiger partial charge in [0, 0.05) is 32.7 Å². The van der Waals surface area contributed by atoms with Crippen molar-refractivity contribution in [3.63, 3.8) is 0 Å².